The molecule has 1 N–H and O–H groups in total. The fraction of sp³-hybridized carbons (Fsp3) is 0.222. The van der Waals surface area contributed by atoms with E-state index < -0.39 is 34.4 Å². The largest absolute Gasteiger partial charge is 0.493 e. The third-order valence-corrected chi connectivity index (χ3v) is 7.40. The highest BCUT2D eigenvalue weighted by Crippen LogP contribution is 2.34. The van der Waals surface area contributed by atoms with Gasteiger partial charge < -0.3 is 24.3 Å². The van der Waals surface area contributed by atoms with Crippen molar-refractivity contribution in [3.8, 4) is 11.5 Å². The lowest BCUT2D eigenvalue weighted by molar-refractivity contribution is -0.114. The minimum atomic E-state index is -4.23. The zero-order valence-electron chi connectivity index (χ0n) is 22.0. The third-order valence-electron chi connectivity index (χ3n) is 5.61. The number of carbonyl (C=O) groups excluding carboxylic acids is 3. The van der Waals surface area contributed by atoms with E-state index in [4.69, 9.17) is 18.9 Å². The van der Waals surface area contributed by atoms with Crippen LogP contribution >= 0.6 is 0 Å². The molecule has 0 aliphatic rings. The summed E-state index contributed by atoms with van der Waals surface area (Å²) in [6.45, 7) is 1.17. The van der Waals surface area contributed by atoms with E-state index in [2.05, 4.69) is 5.32 Å². The summed E-state index contributed by atoms with van der Waals surface area (Å²) in [4.78, 5) is 37.4. The molecule has 0 aromatic heterocycles. The zero-order valence-corrected chi connectivity index (χ0v) is 22.8. The van der Waals surface area contributed by atoms with Crippen molar-refractivity contribution in [2.75, 3.05) is 44.6 Å². The van der Waals surface area contributed by atoms with Crippen molar-refractivity contribution in [2.24, 2.45) is 0 Å². The van der Waals surface area contributed by atoms with Gasteiger partial charge in [-0.2, -0.15) is 0 Å². The van der Waals surface area contributed by atoms with Crippen molar-refractivity contribution in [1.29, 1.82) is 0 Å². The molecule has 206 valence electrons. The van der Waals surface area contributed by atoms with Crippen LogP contribution in [0.2, 0.25) is 0 Å². The standard InChI is InChI=1S/C27H28N2O9S/c1-17-6-9-22(10-7-17)39(33,34)29(21-8-11-23(35-2)24(15-21)36-3)16-25(30)28-20-13-18(26(31)37-4)12-19(14-20)27(32)38-5/h6-15H,16H2,1-5H3,(H,28,30). The van der Waals surface area contributed by atoms with E-state index in [1.54, 1.807) is 12.1 Å². The molecule has 1 amide bonds. The van der Waals surface area contributed by atoms with Gasteiger partial charge in [-0.3, -0.25) is 9.10 Å². The summed E-state index contributed by atoms with van der Waals surface area (Å²) < 4.78 is 48.3. The van der Waals surface area contributed by atoms with Crippen LogP contribution in [-0.2, 0) is 24.3 Å². The fourth-order valence-corrected chi connectivity index (χ4v) is 5.05. The Hall–Kier alpha value is -4.58. The van der Waals surface area contributed by atoms with Gasteiger partial charge in [-0.1, -0.05) is 17.7 Å². The number of nitrogens with one attached hydrogen (secondary N) is 1. The maximum Gasteiger partial charge on any atom is 0.337 e. The summed E-state index contributed by atoms with van der Waals surface area (Å²) in [5.74, 6) is -1.62. The minimum Gasteiger partial charge on any atom is -0.493 e. The van der Waals surface area contributed by atoms with Gasteiger partial charge in [-0.25, -0.2) is 18.0 Å². The second kappa shape index (κ2) is 12.3. The van der Waals surface area contributed by atoms with Gasteiger partial charge in [0.05, 0.1) is 50.1 Å². The molecule has 0 atom stereocenters. The summed E-state index contributed by atoms with van der Waals surface area (Å²) in [5, 5.41) is 2.55. The van der Waals surface area contributed by atoms with Crippen LogP contribution in [0.5, 0.6) is 11.5 Å². The van der Waals surface area contributed by atoms with Crippen molar-refractivity contribution in [3.63, 3.8) is 0 Å². The number of rotatable bonds is 10. The number of hydrogen-bond acceptors (Lipinski definition) is 9. The number of amides is 1. The summed E-state index contributed by atoms with van der Waals surface area (Å²) in [6.07, 6.45) is 0. The second-order valence-corrected chi connectivity index (χ2v) is 10.1. The molecule has 0 unspecified atom stereocenters. The van der Waals surface area contributed by atoms with Gasteiger partial charge in [0.2, 0.25) is 5.91 Å². The number of anilines is 2. The molecule has 0 radical (unpaired) electrons. The molecule has 0 spiro atoms. The van der Waals surface area contributed by atoms with E-state index in [0.29, 0.717) is 5.75 Å². The van der Waals surface area contributed by atoms with Crippen molar-refractivity contribution in [2.45, 2.75) is 11.8 Å². The van der Waals surface area contributed by atoms with Gasteiger partial charge in [0, 0.05) is 11.8 Å². The Morgan fingerprint density at radius 2 is 1.33 bits per heavy atom. The highest BCUT2D eigenvalue weighted by molar-refractivity contribution is 7.92. The Morgan fingerprint density at radius 3 is 1.85 bits per heavy atom. The van der Waals surface area contributed by atoms with Crippen LogP contribution in [0.15, 0.2) is 65.6 Å². The third kappa shape index (κ3) is 6.65. The zero-order chi connectivity index (χ0) is 28.7. The average Bonchev–Trinajstić information content (AvgIpc) is 2.94. The minimum absolute atomic E-state index is 0.0141. The number of hydrogen-bond donors (Lipinski definition) is 1. The number of carbonyl (C=O) groups is 3. The van der Waals surface area contributed by atoms with E-state index in [1.807, 2.05) is 6.92 Å². The van der Waals surface area contributed by atoms with Gasteiger partial charge in [0.15, 0.2) is 11.5 Å². The fourth-order valence-electron chi connectivity index (χ4n) is 3.63. The summed E-state index contributed by atoms with van der Waals surface area (Å²) in [5.41, 5.74) is 1.03. The Bertz CT molecular complexity index is 1450. The predicted octanol–water partition coefficient (Wildman–Crippen LogP) is 3.42. The summed E-state index contributed by atoms with van der Waals surface area (Å²) in [7, 11) is 0.956. The molecular weight excluding hydrogens is 528 g/mol. The van der Waals surface area contributed by atoms with Crippen molar-refractivity contribution in [1.82, 2.24) is 0 Å². The quantitative estimate of drug-likeness (QED) is 0.372. The van der Waals surface area contributed by atoms with Gasteiger partial charge in [-0.15, -0.1) is 0 Å². The molecule has 3 rings (SSSR count). The smallest absolute Gasteiger partial charge is 0.337 e. The lowest BCUT2D eigenvalue weighted by atomic mass is 10.1. The number of sulfonamides is 1. The predicted molar refractivity (Wildman–Crippen MR) is 143 cm³/mol. The molecule has 39 heavy (non-hydrogen) atoms. The van der Waals surface area contributed by atoms with Gasteiger partial charge >= 0.3 is 11.9 Å². The number of benzene rings is 3. The molecule has 0 saturated heterocycles. The molecule has 0 saturated carbocycles. The van der Waals surface area contributed by atoms with Crippen molar-refractivity contribution in [3.05, 3.63) is 77.4 Å². The van der Waals surface area contributed by atoms with Gasteiger partial charge in [0.1, 0.15) is 6.54 Å². The number of aryl methyl sites for hydroxylation is 1. The molecule has 3 aromatic carbocycles. The highest BCUT2D eigenvalue weighted by Gasteiger charge is 2.28. The molecule has 0 fully saturated rings. The topological polar surface area (TPSA) is 138 Å². The normalized spacial score (nSPS) is 10.8. The molecule has 0 heterocycles. The number of nitrogens with zero attached hydrogens (tertiary/aromatic N) is 1. The molecule has 0 aliphatic carbocycles. The lowest BCUT2D eigenvalue weighted by Gasteiger charge is -2.25. The Kier molecular flexibility index (Phi) is 9.15. The van der Waals surface area contributed by atoms with Gasteiger partial charge in [-0.05, 0) is 49.4 Å². The molecule has 3 aromatic rings. The maximum absolute atomic E-state index is 13.7. The lowest BCUT2D eigenvalue weighted by Crippen LogP contribution is -2.38. The summed E-state index contributed by atoms with van der Waals surface area (Å²) >= 11 is 0. The molecule has 12 heteroatoms. The Labute approximate surface area is 226 Å². The first-order valence-electron chi connectivity index (χ1n) is 11.5. The molecule has 0 aliphatic heterocycles. The average molecular weight is 557 g/mol. The van der Waals surface area contributed by atoms with Crippen LogP contribution in [0, 0.1) is 6.92 Å². The first-order valence-corrected chi connectivity index (χ1v) is 12.9. The molecular formula is C27H28N2O9S. The van der Waals surface area contributed by atoms with E-state index in [9.17, 15) is 22.8 Å². The molecule has 0 bridgehead atoms. The number of methoxy groups -OCH3 is 4. The van der Waals surface area contributed by atoms with Gasteiger partial charge in [0.25, 0.3) is 10.0 Å². The van der Waals surface area contributed by atoms with Crippen LogP contribution in [-0.4, -0.2) is 61.2 Å². The molecule has 11 nitrogen and oxygen atoms in total. The maximum atomic E-state index is 13.7. The first kappa shape index (κ1) is 29.0. The van der Waals surface area contributed by atoms with Crippen LogP contribution in [0.4, 0.5) is 11.4 Å². The monoisotopic (exact) mass is 556 g/mol. The van der Waals surface area contributed by atoms with Crippen LogP contribution in [0.1, 0.15) is 26.3 Å². The van der Waals surface area contributed by atoms with Crippen LogP contribution in [0.3, 0.4) is 0 Å². The first-order chi connectivity index (χ1) is 18.5. The van der Waals surface area contributed by atoms with E-state index in [-0.39, 0.29) is 33.1 Å². The van der Waals surface area contributed by atoms with E-state index >= 15 is 0 Å². The van der Waals surface area contributed by atoms with Crippen LogP contribution < -0.4 is 19.1 Å². The van der Waals surface area contributed by atoms with Crippen LogP contribution in [0.25, 0.3) is 0 Å². The Balaban J connectivity index is 2.03. The van der Waals surface area contributed by atoms with E-state index in [0.717, 1.165) is 9.87 Å². The van der Waals surface area contributed by atoms with Crippen molar-refractivity contribution >= 4 is 39.2 Å². The second-order valence-electron chi connectivity index (χ2n) is 8.19. The Morgan fingerprint density at radius 1 is 0.769 bits per heavy atom. The highest BCUT2D eigenvalue weighted by atomic mass is 32.2. The van der Waals surface area contributed by atoms with Crippen molar-refractivity contribution < 1.29 is 41.7 Å². The SMILES string of the molecule is COC(=O)c1cc(NC(=O)CN(c2ccc(OC)c(OC)c2)S(=O)(=O)c2ccc(C)cc2)cc(C(=O)OC)c1. The number of ether oxygens (including phenoxy) is 4. The van der Waals surface area contributed by atoms with E-state index in [1.165, 1.54) is 77.0 Å². The summed E-state index contributed by atoms with van der Waals surface area (Å²) in [6, 6.07) is 14.5. The number of esters is 2.